The average Bonchev–Trinajstić information content (AvgIpc) is 2.72. The number of amides is 1. The van der Waals surface area contributed by atoms with Crippen LogP contribution in [-0.2, 0) is 17.8 Å². The molecule has 0 spiro atoms. The molecule has 5 heteroatoms. The smallest absolute Gasteiger partial charge is 0.238 e. The fourth-order valence-electron chi connectivity index (χ4n) is 1.80. The number of fused-ring (bicyclic) bond motifs is 1. The van der Waals surface area contributed by atoms with E-state index >= 15 is 0 Å². The third-order valence-corrected chi connectivity index (χ3v) is 3.30. The molecular formula is C12H13BrClNO2. The molecule has 0 saturated carbocycles. The summed E-state index contributed by atoms with van der Waals surface area (Å²) in [5, 5.41) is 2.27. The zero-order chi connectivity index (χ0) is 12.4. The zero-order valence-corrected chi connectivity index (χ0v) is 11.8. The molecule has 0 bridgehead atoms. The largest absolute Gasteiger partial charge is 0.493 e. The van der Waals surface area contributed by atoms with Crippen LogP contribution < -0.4 is 10.1 Å². The summed E-state index contributed by atoms with van der Waals surface area (Å²) in [4.78, 5) is 11.4. The van der Waals surface area contributed by atoms with E-state index in [9.17, 15) is 4.79 Å². The first-order valence-electron chi connectivity index (χ1n) is 5.44. The molecule has 92 valence electrons. The van der Waals surface area contributed by atoms with Gasteiger partial charge in [-0.25, -0.2) is 0 Å². The van der Waals surface area contributed by atoms with Crippen molar-refractivity contribution in [1.29, 1.82) is 0 Å². The number of carbonyl (C=O) groups is 1. The first-order chi connectivity index (χ1) is 8.08. The van der Waals surface area contributed by atoms with Crippen LogP contribution in [-0.4, -0.2) is 17.9 Å². The van der Waals surface area contributed by atoms with Crippen molar-refractivity contribution in [3.05, 3.63) is 27.7 Å². The Morgan fingerprint density at radius 2 is 2.41 bits per heavy atom. The molecule has 0 saturated heterocycles. The Balaban J connectivity index is 2.13. The Morgan fingerprint density at radius 3 is 3.12 bits per heavy atom. The number of ether oxygens (including phenoxy) is 1. The molecule has 1 aliphatic rings. The van der Waals surface area contributed by atoms with E-state index in [1.54, 1.807) is 6.92 Å². The maximum Gasteiger partial charge on any atom is 0.238 e. The Kier molecular flexibility index (Phi) is 3.94. The van der Waals surface area contributed by atoms with Crippen LogP contribution >= 0.6 is 27.5 Å². The summed E-state index contributed by atoms with van der Waals surface area (Å²) in [5.41, 5.74) is 2.17. The number of rotatable bonds is 3. The fourth-order valence-corrected chi connectivity index (χ4v) is 2.43. The summed E-state index contributed by atoms with van der Waals surface area (Å²) >= 11 is 9.15. The predicted molar refractivity (Wildman–Crippen MR) is 70.5 cm³/mol. The first-order valence-corrected chi connectivity index (χ1v) is 6.66. The molecule has 0 fully saturated rings. The van der Waals surface area contributed by atoms with Gasteiger partial charge in [-0.05, 0) is 24.6 Å². The molecule has 0 aromatic heterocycles. The fraction of sp³-hybridized carbons (Fsp3) is 0.417. The van der Waals surface area contributed by atoms with E-state index in [2.05, 4.69) is 27.3 Å². The average molecular weight is 319 g/mol. The molecule has 1 unspecified atom stereocenters. The Morgan fingerprint density at radius 1 is 1.65 bits per heavy atom. The van der Waals surface area contributed by atoms with Crippen molar-refractivity contribution in [2.24, 2.45) is 0 Å². The van der Waals surface area contributed by atoms with E-state index < -0.39 is 5.38 Å². The maximum absolute atomic E-state index is 11.4. The van der Waals surface area contributed by atoms with Crippen LogP contribution in [0.2, 0.25) is 0 Å². The van der Waals surface area contributed by atoms with Gasteiger partial charge in [-0.15, -0.1) is 11.6 Å². The molecule has 1 aromatic rings. The summed E-state index contributed by atoms with van der Waals surface area (Å²) in [7, 11) is 0. The molecule has 1 aromatic carbocycles. The molecule has 3 nitrogen and oxygen atoms in total. The summed E-state index contributed by atoms with van der Waals surface area (Å²) in [5.74, 6) is 0.731. The van der Waals surface area contributed by atoms with Crippen molar-refractivity contribution in [2.75, 3.05) is 6.61 Å². The van der Waals surface area contributed by atoms with Crippen molar-refractivity contribution in [3.63, 3.8) is 0 Å². The summed E-state index contributed by atoms with van der Waals surface area (Å²) in [6.07, 6.45) is 0.918. The van der Waals surface area contributed by atoms with Crippen LogP contribution in [0.25, 0.3) is 0 Å². The zero-order valence-electron chi connectivity index (χ0n) is 9.43. The number of hydrogen-bond acceptors (Lipinski definition) is 2. The summed E-state index contributed by atoms with van der Waals surface area (Å²) < 4.78 is 6.58. The third kappa shape index (κ3) is 2.93. The molecule has 1 atom stereocenters. The lowest BCUT2D eigenvalue weighted by atomic mass is 10.1. The van der Waals surface area contributed by atoms with Gasteiger partial charge in [0.2, 0.25) is 5.91 Å². The normalized spacial score (nSPS) is 15.0. The van der Waals surface area contributed by atoms with Crippen LogP contribution in [0.15, 0.2) is 16.6 Å². The lowest BCUT2D eigenvalue weighted by Gasteiger charge is -2.11. The van der Waals surface area contributed by atoms with E-state index in [4.69, 9.17) is 16.3 Å². The molecule has 1 aliphatic heterocycles. The lowest BCUT2D eigenvalue weighted by molar-refractivity contribution is -0.120. The van der Waals surface area contributed by atoms with Gasteiger partial charge >= 0.3 is 0 Å². The van der Waals surface area contributed by atoms with Crippen LogP contribution in [0.4, 0.5) is 0 Å². The number of hydrogen-bond donors (Lipinski definition) is 1. The standard InChI is InChI=1S/C12H13BrClNO2/c1-7(14)12(16)15-6-9-5-10(13)4-8-2-3-17-11(8)9/h4-5,7H,2-3,6H2,1H3,(H,15,16). The number of benzene rings is 1. The highest BCUT2D eigenvalue weighted by atomic mass is 79.9. The second-order valence-corrected chi connectivity index (χ2v) is 5.56. The van der Waals surface area contributed by atoms with Gasteiger partial charge in [0.1, 0.15) is 11.1 Å². The Bertz CT molecular complexity index is 448. The molecule has 17 heavy (non-hydrogen) atoms. The molecule has 1 amide bonds. The van der Waals surface area contributed by atoms with E-state index in [-0.39, 0.29) is 5.91 Å². The predicted octanol–water partition coefficient (Wildman–Crippen LogP) is 2.63. The number of carbonyl (C=O) groups excluding carboxylic acids is 1. The molecule has 0 radical (unpaired) electrons. The minimum absolute atomic E-state index is 0.168. The van der Waals surface area contributed by atoms with Crippen LogP contribution in [0.1, 0.15) is 18.1 Å². The van der Waals surface area contributed by atoms with Crippen LogP contribution in [0, 0.1) is 0 Å². The lowest BCUT2D eigenvalue weighted by Crippen LogP contribution is -2.29. The van der Waals surface area contributed by atoms with Crippen LogP contribution in [0.3, 0.4) is 0 Å². The quantitative estimate of drug-likeness (QED) is 0.870. The number of alkyl halides is 1. The van der Waals surface area contributed by atoms with Gasteiger partial charge < -0.3 is 10.1 Å². The Hall–Kier alpha value is -0.740. The topological polar surface area (TPSA) is 38.3 Å². The van der Waals surface area contributed by atoms with Crippen molar-refractivity contribution >= 4 is 33.4 Å². The maximum atomic E-state index is 11.4. The van der Waals surface area contributed by atoms with E-state index in [1.165, 1.54) is 5.56 Å². The van der Waals surface area contributed by atoms with E-state index in [0.717, 1.165) is 22.2 Å². The molecule has 2 rings (SSSR count). The minimum Gasteiger partial charge on any atom is -0.493 e. The monoisotopic (exact) mass is 317 g/mol. The van der Waals surface area contributed by atoms with Crippen molar-refractivity contribution in [1.82, 2.24) is 5.32 Å². The molecule has 0 aliphatic carbocycles. The number of nitrogens with one attached hydrogen (secondary N) is 1. The SMILES string of the molecule is CC(Cl)C(=O)NCc1cc(Br)cc2c1OCC2. The van der Waals surface area contributed by atoms with Gasteiger partial charge in [0.25, 0.3) is 0 Å². The van der Waals surface area contributed by atoms with Gasteiger partial charge in [0, 0.05) is 23.0 Å². The molecular weight excluding hydrogens is 305 g/mol. The third-order valence-electron chi connectivity index (χ3n) is 2.64. The summed E-state index contributed by atoms with van der Waals surface area (Å²) in [6.45, 7) is 2.80. The highest BCUT2D eigenvalue weighted by molar-refractivity contribution is 9.10. The molecule has 1 N–H and O–H groups in total. The second kappa shape index (κ2) is 5.27. The molecule has 1 heterocycles. The van der Waals surface area contributed by atoms with Crippen molar-refractivity contribution in [2.45, 2.75) is 25.3 Å². The van der Waals surface area contributed by atoms with Gasteiger partial charge in [-0.1, -0.05) is 15.9 Å². The minimum atomic E-state index is -0.517. The summed E-state index contributed by atoms with van der Waals surface area (Å²) in [6, 6.07) is 4.02. The van der Waals surface area contributed by atoms with E-state index in [1.807, 2.05) is 6.07 Å². The van der Waals surface area contributed by atoms with E-state index in [0.29, 0.717) is 13.2 Å². The van der Waals surface area contributed by atoms with Crippen molar-refractivity contribution in [3.8, 4) is 5.75 Å². The highest BCUT2D eigenvalue weighted by Crippen LogP contribution is 2.32. The first kappa shape index (κ1) is 12.7. The second-order valence-electron chi connectivity index (χ2n) is 3.99. The van der Waals surface area contributed by atoms with Gasteiger partial charge in [-0.3, -0.25) is 4.79 Å². The highest BCUT2D eigenvalue weighted by Gasteiger charge is 2.18. The Labute approximate surface area is 114 Å². The van der Waals surface area contributed by atoms with Gasteiger partial charge in [0.05, 0.1) is 6.61 Å². The van der Waals surface area contributed by atoms with Crippen molar-refractivity contribution < 1.29 is 9.53 Å². The van der Waals surface area contributed by atoms with Crippen LogP contribution in [0.5, 0.6) is 5.75 Å². The van der Waals surface area contributed by atoms with Gasteiger partial charge in [-0.2, -0.15) is 0 Å². The van der Waals surface area contributed by atoms with Gasteiger partial charge in [0.15, 0.2) is 0 Å². The number of halogens is 2.